The molecule has 2 aliphatic heterocycles. The minimum absolute atomic E-state index is 0.0190. The van der Waals surface area contributed by atoms with E-state index < -0.39 is 38.3 Å². The Bertz CT molecular complexity index is 1120. The van der Waals surface area contributed by atoms with Gasteiger partial charge < -0.3 is 9.84 Å². The van der Waals surface area contributed by atoms with E-state index in [9.17, 15) is 17.9 Å². The second kappa shape index (κ2) is 7.70. The second-order valence-corrected chi connectivity index (χ2v) is 12.9. The zero-order valence-electron chi connectivity index (χ0n) is 17.4. The number of ether oxygens (including phenoxy) is 1. The number of β-amino-alcohol motifs (C(OH)–C–C–N with tert-alkyl or cyclic N) is 1. The van der Waals surface area contributed by atoms with Gasteiger partial charge in [0.25, 0.3) is 0 Å². The van der Waals surface area contributed by atoms with Crippen LogP contribution >= 0.6 is 27.5 Å². The molecule has 0 saturated carbocycles. The van der Waals surface area contributed by atoms with E-state index in [4.69, 9.17) is 16.3 Å². The van der Waals surface area contributed by atoms with Crippen LogP contribution in [0.25, 0.3) is 0 Å². The van der Waals surface area contributed by atoms with E-state index >= 15 is 0 Å². The Morgan fingerprint density at radius 3 is 2.55 bits per heavy atom. The van der Waals surface area contributed by atoms with Crippen LogP contribution in [-0.2, 0) is 22.0 Å². The molecule has 2 aliphatic rings. The molecule has 9 heteroatoms. The van der Waals surface area contributed by atoms with Crippen LogP contribution in [0.4, 0.5) is 4.39 Å². The molecule has 0 bridgehead atoms. The Hall–Kier alpha value is -1.19. The lowest BCUT2D eigenvalue weighted by molar-refractivity contribution is 0.0261. The monoisotopic (exact) mass is 531 g/mol. The van der Waals surface area contributed by atoms with Crippen molar-refractivity contribution in [2.24, 2.45) is 0 Å². The molecule has 1 saturated heterocycles. The van der Waals surface area contributed by atoms with Gasteiger partial charge in [-0.3, -0.25) is 0 Å². The topological polar surface area (TPSA) is 66.8 Å². The molecule has 4 rings (SSSR count). The summed E-state index contributed by atoms with van der Waals surface area (Å²) >= 11 is 9.50. The van der Waals surface area contributed by atoms with Gasteiger partial charge in [-0.05, 0) is 48.7 Å². The number of nitrogens with zero attached hydrogens (tertiary/aromatic N) is 1. The fourth-order valence-electron chi connectivity index (χ4n) is 4.45. The third-order valence-electron chi connectivity index (χ3n) is 6.07. The number of hydrogen-bond donors (Lipinski definition) is 1. The molecule has 0 radical (unpaired) electrons. The van der Waals surface area contributed by atoms with Crippen LogP contribution in [-0.4, -0.2) is 41.3 Å². The number of rotatable bonds is 3. The quantitative estimate of drug-likeness (QED) is 0.585. The summed E-state index contributed by atoms with van der Waals surface area (Å²) in [5.74, 6) is -0.311. The molecule has 2 aromatic carbocycles. The van der Waals surface area contributed by atoms with Crippen molar-refractivity contribution in [1.29, 1.82) is 0 Å². The fourth-order valence-corrected chi connectivity index (χ4v) is 6.80. The van der Waals surface area contributed by atoms with Crippen molar-refractivity contribution in [3.05, 3.63) is 62.8 Å². The Morgan fingerprint density at radius 1 is 1.29 bits per heavy atom. The standard InChI is InChI=1S/C22H24BrClFNO4S/c1-21(2,3)31(28,29)26-12-14(27)9-18(26)22(13-7-5-4-6-8-13)11-15-17(30-22)10-16(25)20(24)19(15)23/h4-8,10,14,18,27H,9,11-12H2,1-3H3. The molecule has 2 heterocycles. The Morgan fingerprint density at radius 2 is 1.94 bits per heavy atom. The lowest BCUT2D eigenvalue weighted by atomic mass is 9.81. The van der Waals surface area contributed by atoms with Crippen LogP contribution in [0.5, 0.6) is 5.75 Å². The van der Waals surface area contributed by atoms with Crippen molar-refractivity contribution in [2.75, 3.05) is 6.54 Å². The molecular weight excluding hydrogens is 509 g/mol. The summed E-state index contributed by atoms with van der Waals surface area (Å²) in [7, 11) is -3.77. The maximum absolute atomic E-state index is 14.4. The van der Waals surface area contributed by atoms with Crippen LogP contribution in [0.3, 0.4) is 0 Å². The van der Waals surface area contributed by atoms with E-state index in [-0.39, 0.29) is 24.4 Å². The smallest absolute Gasteiger partial charge is 0.219 e. The Balaban J connectivity index is 1.91. The molecule has 1 N–H and O–H groups in total. The first kappa shape index (κ1) is 23.0. The van der Waals surface area contributed by atoms with E-state index in [0.29, 0.717) is 15.8 Å². The number of hydrogen-bond acceptors (Lipinski definition) is 4. The number of halogens is 3. The van der Waals surface area contributed by atoms with Crippen LogP contribution in [0.2, 0.25) is 5.02 Å². The zero-order chi connectivity index (χ0) is 22.8. The molecule has 0 spiro atoms. The van der Waals surface area contributed by atoms with E-state index in [0.717, 1.165) is 5.56 Å². The maximum atomic E-state index is 14.4. The van der Waals surface area contributed by atoms with Gasteiger partial charge in [0.15, 0.2) is 5.60 Å². The number of sulfonamides is 1. The predicted octanol–water partition coefficient (Wildman–Crippen LogP) is 4.64. The van der Waals surface area contributed by atoms with Crippen molar-refractivity contribution in [2.45, 2.75) is 56.1 Å². The molecule has 3 atom stereocenters. The lowest BCUT2D eigenvalue weighted by Crippen LogP contribution is -2.55. The Kier molecular flexibility index (Phi) is 5.71. The SMILES string of the molecule is CC(C)(C)S(=O)(=O)N1CC(O)CC1C1(c2ccccc2)Cc2c(cc(F)c(Cl)c2Br)O1. The van der Waals surface area contributed by atoms with Gasteiger partial charge in [0, 0.05) is 29.1 Å². The molecular formula is C22H24BrClFNO4S. The molecule has 31 heavy (non-hydrogen) atoms. The summed E-state index contributed by atoms with van der Waals surface area (Å²) < 4.78 is 48.4. The van der Waals surface area contributed by atoms with Gasteiger partial charge in [-0.1, -0.05) is 41.9 Å². The third kappa shape index (κ3) is 3.60. The van der Waals surface area contributed by atoms with E-state index in [1.807, 2.05) is 30.3 Å². The molecule has 0 amide bonds. The average molecular weight is 533 g/mol. The number of aliphatic hydroxyl groups excluding tert-OH is 1. The number of benzene rings is 2. The van der Waals surface area contributed by atoms with Gasteiger partial charge in [-0.25, -0.2) is 12.8 Å². The number of aliphatic hydroxyl groups is 1. The summed E-state index contributed by atoms with van der Waals surface area (Å²) in [5, 5.41) is 10.5. The molecule has 0 aliphatic carbocycles. The molecule has 1 fully saturated rings. The van der Waals surface area contributed by atoms with Crippen molar-refractivity contribution < 1.29 is 22.7 Å². The highest BCUT2D eigenvalue weighted by Crippen LogP contribution is 2.52. The minimum atomic E-state index is -3.77. The zero-order valence-corrected chi connectivity index (χ0v) is 20.6. The summed E-state index contributed by atoms with van der Waals surface area (Å²) in [5.41, 5.74) is 0.284. The largest absolute Gasteiger partial charge is 0.480 e. The normalized spacial score (nSPS) is 26.7. The van der Waals surface area contributed by atoms with Crippen LogP contribution in [0.15, 0.2) is 40.9 Å². The highest BCUT2D eigenvalue weighted by Gasteiger charge is 2.57. The second-order valence-electron chi connectivity index (χ2n) is 9.09. The molecule has 2 aromatic rings. The third-order valence-corrected chi connectivity index (χ3v) is 10.1. The first-order valence-electron chi connectivity index (χ1n) is 9.99. The van der Waals surface area contributed by atoms with Crippen LogP contribution < -0.4 is 4.74 Å². The first-order valence-corrected chi connectivity index (χ1v) is 12.6. The van der Waals surface area contributed by atoms with Gasteiger partial charge in [0.05, 0.1) is 21.9 Å². The van der Waals surface area contributed by atoms with Gasteiger partial charge in [0.1, 0.15) is 11.6 Å². The first-order chi connectivity index (χ1) is 14.4. The van der Waals surface area contributed by atoms with Crippen molar-refractivity contribution in [3.8, 4) is 5.75 Å². The molecule has 0 aromatic heterocycles. The van der Waals surface area contributed by atoms with Gasteiger partial charge in [-0.15, -0.1) is 0 Å². The summed E-state index contributed by atoms with van der Waals surface area (Å²) in [6.45, 7) is 4.88. The van der Waals surface area contributed by atoms with E-state index in [1.165, 1.54) is 10.4 Å². The maximum Gasteiger partial charge on any atom is 0.219 e. The minimum Gasteiger partial charge on any atom is -0.480 e. The van der Waals surface area contributed by atoms with Crippen LogP contribution in [0, 0.1) is 5.82 Å². The molecule has 3 unspecified atom stereocenters. The summed E-state index contributed by atoms with van der Waals surface area (Å²) in [6, 6.07) is 9.84. The summed E-state index contributed by atoms with van der Waals surface area (Å²) in [4.78, 5) is 0. The number of fused-ring (bicyclic) bond motifs is 1. The van der Waals surface area contributed by atoms with Crippen molar-refractivity contribution >= 4 is 37.6 Å². The molecule has 168 valence electrons. The van der Waals surface area contributed by atoms with Gasteiger partial charge >= 0.3 is 0 Å². The summed E-state index contributed by atoms with van der Waals surface area (Å²) in [6.07, 6.45) is -0.356. The van der Waals surface area contributed by atoms with Crippen molar-refractivity contribution in [1.82, 2.24) is 4.31 Å². The highest BCUT2D eigenvalue weighted by atomic mass is 79.9. The fraction of sp³-hybridized carbons (Fsp3) is 0.455. The van der Waals surface area contributed by atoms with Crippen LogP contribution in [0.1, 0.15) is 38.3 Å². The average Bonchev–Trinajstić information content (AvgIpc) is 3.28. The van der Waals surface area contributed by atoms with Gasteiger partial charge in [0.2, 0.25) is 10.0 Å². The van der Waals surface area contributed by atoms with Gasteiger partial charge in [-0.2, -0.15) is 4.31 Å². The molecule has 5 nitrogen and oxygen atoms in total. The predicted molar refractivity (Wildman–Crippen MR) is 121 cm³/mol. The lowest BCUT2D eigenvalue weighted by Gasteiger charge is -2.41. The highest BCUT2D eigenvalue weighted by molar-refractivity contribution is 9.10. The van der Waals surface area contributed by atoms with E-state index in [2.05, 4.69) is 15.9 Å². The van der Waals surface area contributed by atoms with Crippen molar-refractivity contribution in [3.63, 3.8) is 0 Å². The van der Waals surface area contributed by atoms with E-state index in [1.54, 1.807) is 20.8 Å². The Labute approximate surface area is 195 Å².